The first-order valence-corrected chi connectivity index (χ1v) is 8.03. The van der Waals surface area contributed by atoms with Gasteiger partial charge in [0.05, 0.1) is 5.56 Å². The van der Waals surface area contributed by atoms with Crippen LogP contribution < -0.4 is 5.32 Å². The maximum absolute atomic E-state index is 11.9. The van der Waals surface area contributed by atoms with Crippen molar-refractivity contribution in [2.24, 2.45) is 0 Å². The van der Waals surface area contributed by atoms with Gasteiger partial charge < -0.3 is 9.84 Å². The average molecular weight is 347 g/mol. The molecule has 0 aromatic heterocycles. The van der Waals surface area contributed by atoms with Crippen LogP contribution >= 0.6 is 0 Å². The largest absolute Gasteiger partial charge is 0.478 e. The summed E-state index contributed by atoms with van der Waals surface area (Å²) < 4.78 is 5.18. The molecule has 0 radical (unpaired) electrons. The summed E-state index contributed by atoms with van der Waals surface area (Å²) in [6.07, 6.45) is -0.521. The molecule has 0 aliphatic rings. The Morgan fingerprint density at radius 2 is 1.38 bits per heavy atom. The van der Waals surface area contributed by atoms with E-state index >= 15 is 0 Å². The van der Waals surface area contributed by atoms with E-state index in [4.69, 9.17) is 9.84 Å². The van der Waals surface area contributed by atoms with Gasteiger partial charge in [-0.2, -0.15) is 0 Å². The van der Waals surface area contributed by atoms with Crippen LogP contribution in [-0.2, 0) is 11.3 Å². The maximum atomic E-state index is 11.9. The van der Waals surface area contributed by atoms with Crippen LogP contribution in [0, 0.1) is 0 Å². The van der Waals surface area contributed by atoms with Gasteiger partial charge in [-0.3, -0.25) is 5.32 Å². The van der Waals surface area contributed by atoms with Gasteiger partial charge >= 0.3 is 12.1 Å². The van der Waals surface area contributed by atoms with Gasteiger partial charge in [-0.15, -0.1) is 0 Å². The van der Waals surface area contributed by atoms with Crippen LogP contribution in [0.25, 0.3) is 11.1 Å². The van der Waals surface area contributed by atoms with Crippen molar-refractivity contribution in [2.75, 3.05) is 5.32 Å². The number of aromatic carboxylic acids is 1. The number of hydrogen-bond donors (Lipinski definition) is 2. The Labute approximate surface area is 150 Å². The van der Waals surface area contributed by atoms with Crippen LogP contribution in [0.5, 0.6) is 0 Å². The number of nitrogens with one attached hydrogen (secondary N) is 1. The van der Waals surface area contributed by atoms with Crippen LogP contribution in [-0.4, -0.2) is 17.2 Å². The molecular weight excluding hydrogens is 330 g/mol. The van der Waals surface area contributed by atoms with Gasteiger partial charge in [0.15, 0.2) is 0 Å². The topological polar surface area (TPSA) is 75.6 Å². The van der Waals surface area contributed by atoms with Crippen LogP contribution in [0.15, 0.2) is 78.9 Å². The Morgan fingerprint density at radius 3 is 1.96 bits per heavy atom. The maximum Gasteiger partial charge on any atom is 0.411 e. The number of ether oxygens (including phenoxy) is 1. The van der Waals surface area contributed by atoms with Crippen molar-refractivity contribution in [2.45, 2.75) is 6.61 Å². The molecule has 0 heterocycles. The Balaban J connectivity index is 1.58. The van der Waals surface area contributed by atoms with Crippen LogP contribution in [0.4, 0.5) is 10.5 Å². The van der Waals surface area contributed by atoms with Gasteiger partial charge in [0.2, 0.25) is 0 Å². The van der Waals surface area contributed by atoms with Crippen LogP contribution in [0.2, 0.25) is 0 Å². The zero-order valence-corrected chi connectivity index (χ0v) is 13.9. The van der Waals surface area contributed by atoms with Crippen molar-refractivity contribution in [1.29, 1.82) is 0 Å². The first-order chi connectivity index (χ1) is 12.6. The van der Waals surface area contributed by atoms with Crippen LogP contribution in [0.3, 0.4) is 0 Å². The highest BCUT2D eigenvalue weighted by molar-refractivity contribution is 5.88. The summed E-state index contributed by atoms with van der Waals surface area (Å²) in [6.45, 7) is 0.209. The second kappa shape index (κ2) is 7.98. The highest BCUT2D eigenvalue weighted by Gasteiger charge is 2.06. The highest BCUT2D eigenvalue weighted by atomic mass is 16.5. The molecule has 0 spiro atoms. The third kappa shape index (κ3) is 4.48. The normalized spacial score (nSPS) is 10.2. The van der Waals surface area contributed by atoms with E-state index in [1.165, 1.54) is 0 Å². The average Bonchev–Trinajstić information content (AvgIpc) is 2.68. The molecule has 0 fully saturated rings. The third-order valence-electron chi connectivity index (χ3n) is 3.81. The van der Waals surface area contributed by atoms with Gasteiger partial charge in [-0.25, -0.2) is 9.59 Å². The first-order valence-electron chi connectivity index (χ1n) is 8.03. The van der Waals surface area contributed by atoms with Crippen molar-refractivity contribution in [3.8, 4) is 11.1 Å². The van der Waals surface area contributed by atoms with E-state index in [1.54, 1.807) is 36.4 Å². The number of carbonyl (C=O) groups is 2. The van der Waals surface area contributed by atoms with Gasteiger partial charge in [0.1, 0.15) is 6.61 Å². The van der Waals surface area contributed by atoms with E-state index < -0.39 is 12.1 Å². The van der Waals surface area contributed by atoms with E-state index in [2.05, 4.69) is 5.32 Å². The number of carboxylic acid groups (broad SMARTS) is 1. The predicted molar refractivity (Wildman–Crippen MR) is 99.1 cm³/mol. The van der Waals surface area contributed by atoms with E-state index in [0.29, 0.717) is 5.69 Å². The van der Waals surface area contributed by atoms with Crippen molar-refractivity contribution < 1.29 is 19.4 Å². The lowest BCUT2D eigenvalue weighted by Crippen LogP contribution is -2.13. The third-order valence-corrected chi connectivity index (χ3v) is 3.81. The molecule has 1 amide bonds. The molecule has 3 aromatic rings. The molecule has 26 heavy (non-hydrogen) atoms. The molecule has 3 rings (SSSR count). The van der Waals surface area contributed by atoms with E-state index in [9.17, 15) is 9.59 Å². The van der Waals surface area contributed by atoms with Gasteiger partial charge in [0, 0.05) is 5.69 Å². The molecular formula is C21H17NO4. The number of rotatable bonds is 5. The quantitative estimate of drug-likeness (QED) is 0.695. The Bertz CT molecular complexity index is 888. The minimum Gasteiger partial charge on any atom is -0.478 e. The molecule has 3 aromatic carbocycles. The second-order valence-corrected chi connectivity index (χ2v) is 5.65. The molecule has 130 valence electrons. The Morgan fingerprint density at radius 1 is 0.808 bits per heavy atom. The fourth-order valence-electron chi connectivity index (χ4n) is 2.43. The smallest absolute Gasteiger partial charge is 0.411 e. The highest BCUT2D eigenvalue weighted by Crippen LogP contribution is 2.22. The first kappa shape index (κ1) is 17.2. The van der Waals surface area contributed by atoms with Crippen molar-refractivity contribution >= 4 is 17.7 Å². The fourth-order valence-corrected chi connectivity index (χ4v) is 2.43. The Kier molecular flexibility index (Phi) is 5.29. The molecule has 0 unspecified atom stereocenters. The van der Waals surface area contributed by atoms with E-state index in [0.717, 1.165) is 16.7 Å². The van der Waals surface area contributed by atoms with Crippen molar-refractivity contribution in [1.82, 2.24) is 0 Å². The number of amides is 1. The minimum atomic E-state index is -0.954. The van der Waals surface area contributed by atoms with Gasteiger partial charge in [0.25, 0.3) is 0 Å². The lowest BCUT2D eigenvalue weighted by Gasteiger charge is -2.08. The number of carbonyl (C=O) groups excluding carboxylic acids is 1. The van der Waals surface area contributed by atoms with Gasteiger partial charge in [-0.05, 0) is 41.0 Å². The molecule has 0 bridgehead atoms. The lowest BCUT2D eigenvalue weighted by molar-refractivity contribution is 0.0697. The van der Waals surface area contributed by atoms with Crippen molar-refractivity contribution in [3.63, 3.8) is 0 Å². The van der Waals surface area contributed by atoms with E-state index in [-0.39, 0.29) is 12.2 Å². The monoisotopic (exact) mass is 347 g/mol. The lowest BCUT2D eigenvalue weighted by atomic mass is 10.0. The summed E-state index contributed by atoms with van der Waals surface area (Å²) in [5.41, 5.74) is 3.60. The number of carboxylic acids is 1. The molecule has 0 saturated carbocycles. The van der Waals surface area contributed by atoms with Gasteiger partial charge in [-0.1, -0.05) is 54.6 Å². The summed E-state index contributed by atoms with van der Waals surface area (Å²) in [5, 5.41) is 11.6. The number of hydrogen-bond acceptors (Lipinski definition) is 3. The molecule has 5 nitrogen and oxygen atoms in total. The summed E-state index contributed by atoms with van der Waals surface area (Å²) in [4.78, 5) is 22.7. The minimum absolute atomic E-state index is 0.209. The fraction of sp³-hybridized carbons (Fsp3) is 0.0476. The molecule has 0 aliphatic heterocycles. The SMILES string of the molecule is O=C(Nc1ccc(-c2ccc(C(=O)O)cc2)cc1)OCc1ccccc1. The predicted octanol–water partition coefficient (Wildman–Crippen LogP) is 4.80. The summed E-state index contributed by atoms with van der Waals surface area (Å²) in [5.74, 6) is -0.954. The molecule has 5 heteroatoms. The number of anilines is 1. The summed E-state index contributed by atoms with van der Waals surface area (Å²) in [7, 11) is 0. The number of benzene rings is 3. The Hall–Kier alpha value is -3.60. The van der Waals surface area contributed by atoms with E-state index in [1.807, 2.05) is 42.5 Å². The molecule has 0 atom stereocenters. The zero-order chi connectivity index (χ0) is 18.4. The molecule has 0 saturated heterocycles. The zero-order valence-electron chi connectivity index (χ0n) is 13.9. The van der Waals surface area contributed by atoms with Crippen molar-refractivity contribution in [3.05, 3.63) is 90.0 Å². The molecule has 2 N–H and O–H groups in total. The summed E-state index contributed by atoms with van der Waals surface area (Å²) >= 11 is 0. The van der Waals surface area contributed by atoms with Crippen LogP contribution in [0.1, 0.15) is 15.9 Å². The molecule has 0 aliphatic carbocycles. The second-order valence-electron chi connectivity index (χ2n) is 5.65. The standard InChI is InChI=1S/C21H17NO4/c23-20(24)18-8-6-16(7-9-18)17-10-12-19(13-11-17)22-21(25)26-14-15-4-2-1-3-5-15/h1-13H,14H2,(H,22,25)(H,23,24). The summed E-state index contributed by atoms with van der Waals surface area (Å²) in [6, 6.07) is 23.3.